The summed E-state index contributed by atoms with van der Waals surface area (Å²) in [6, 6.07) is 1.70. The highest BCUT2D eigenvalue weighted by atomic mass is 15.2. The molecule has 3 rings (SSSR count). The molecule has 2 saturated heterocycles. The van der Waals surface area contributed by atoms with Gasteiger partial charge in [-0.3, -0.25) is 0 Å². The number of hydrogen-bond donors (Lipinski definition) is 1. The number of imidazole rings is 1. The quantitative estimate of drug-likeness (QED) is 0.874. The Morgan fingerprint density at radius 3 is 2.61 bits per heavy atom. The van der Waals surface area contributed by atoms with E-state index in [0.717, 1.165) is 36.9 Å². The molecule has 0 amide bonds. The Morgan fingerprint density at radius 1 is 1.28 bits per heavy atom. The molecule has 2 atom stereocenters. The smallest absolute Gasteiger partial charge is 0.122 e. The zero-order valence-corrected chi connectivity index (χ0v) is 11.5. The number of piperidine rings is 1. The van der Waals surface area contributed by atoms with Crippen LogP contribution in [0.4, 0.5) is 0 Å². The average Bonchev–Trinajstić information content (AvgIpc) is 2.82. The second-order valence-corrected chi connectivity index (χ2v) is 5.97. The van der Waals surface area contributed by atoms with E-state index in [-0.39, 0.29) is 0 Å². The molecule has 0 aromatic carbocycles. The summed E-state index contributed by atoms with van der Waals surface area (Å²) in [6.07, 6.45) is 9.45. The van der Waals surface area contributed by atoms with Crippen molar-refractivity contribution < 1.29 is 0 Å². The van der Waals surface area contributed by atoms with Gasteiger partial charge in [0.05, 0.1) is 6.54 Å². The Labute approximate surface area is 109 Å². The van der Waals surface area contributed by atoms with Crippen LogP contribution in [0.3, 0.4) is 0 Å². The number of aromatic nitrogens is 2. The van der Waals surface area contributed by atoms with Gasteiger partial charge >= 0.3 is 0 Å². The number of fused-ring (bicyclic) bond motifs is 2. The van der Waals surface area contributed by atoms with Crippen LogP contribution >= 0.6 is 0 Å². The van der Waals surface area contributed by atoms with Crippen molar-refractivity contribution in [2.75, 3.05) is 13.6 Å². The summed E-state index contributed by atoms with van der Waals surface area (Å²) in [5.41, 5.74) is 0. The zero-order valence-electron chi connectivity index (χ0n) is 11.5. The van der Waals surface area contributed by atoms with Crippen molar-refractivity contribution in [3.8, 4) is 0 Å². The third-order valence-corrected chi connectivity index (χ3v) is 4.83. The average molecular weight is 248 g/mol. The van der Waals surface area contributed by atoms with Gasteiger partial charge in [-0.05, 0) is 45.2 Å². The molecule has 3 heterocycles. The van der Waals surface area contributed by atoms with Crippen LogP contribution in [0.5, 0.6) is 0 Å². The van der Waals surface area contributed by atoms with Gasteiger partial charge in [-0.1, -0.05) is 0 Å². The summed E-state index contributed by atoms with van der Waals surface area (Å²) in [5, 5.41) is 3.58. The van der Waals surface area contributed by atoms with Gasteiger partial charge in [0, 0.05) is 31.5 Å². The van der Waals surface area contributed by atoms with Crippen LogP contribution in [0.2, 0.25) is 0 Å². The van der Waals surface area contributed by atoms with Crippen molar-refractivity contribution in [2.45, 2.75) is 44.3 Å². The van der Waals surface area contributed by atoms with Gasteiger partial charge in [0.25, 0.3) is 0 Å². The molecule has 2 aliphatic rings. The fraction of sp³-hybridized carbons (Fsp3) is 0.786. The molecule has 2 fully saturated rings. The normalized spacial score (nSPS) is 32.0. The van der Waals surface area contributed by atoms with Crippen LogP contribution in [0.15, 0.2) is 12.4 Å². The molecule has 0 spiro atoms. The van der Waals surface area contributed by atoms with Crippen LogP contribution in [-0.4, -0.2) is 40.1 Å². The van der Waals surface area contributed by atoms with Gasteiger partial charge in [-0.25, -0.2) is 4.98 Å². The zero-order chi connectivity index (χ0) is 12.5. The highest BCUT2D eigenvalue weighted by Crippen LogP contribution is 2.36. The summed E-state index contributed by atoms with van der Waals surface area (Å²) in [4.78, 5) is 6.95. The van der Waals surface area contributed by atoms with Crippen molar-refractivity contribution >= 4 is 0 Å². The molecule has 4 heteroatoms. The van der Waals surface area contributed by atoms with Gasteiger partial charge in [-0.15, -0.1) is 0 Å². The molecule has 1 aromatic rings. The summed E-state index contributed by atoms with van der Waals surface area (Å²) in [7, 11) is 4.36. The topological polar surface area (TPSA) is 33.1 Å². The molecular formula is C14H24N4. The van der Waals surface area contributed by atoms with Gasteiger partial charge in [0.15, 0.2) is 0 Å². The predicted octanol–water partition coefficient (Wildman–Crippen LogP) is 1.38. The van der Waals surface area contributed by atoms with Gasteiger partial charge in [-0.2, -0.15) is 0 Å². The first-order chi connectivity index (χ1) is 8.74. The van der Waals surface area contributed by atoms with E-state index in [1.807, 2.05) is 12.4 Å². The second-order valence-electron chi connectivity index (χ2n) is 5.97. The number of nitrogens with zero attached hydrogens (tertiary/aromatic N) is 3. The van der Waals surface area contributed by atoms with Crippen LogP contribution in [-0.2, 0) is 13.6 Å². The predicted molar refractivity (Wildman–Crippen MR) is 72.2 cm³/mol. The molecule has 4 nitrogen and oxygen atoms in total. The largest absolute Gasteiger partial charge is 0.337 e. The minimum absolute atomic E-state index is 0.851. The monoisotopic (exact) mass is 248 g/mol. The Morgan fingerprint density at radius 2 is 2.00 bits per heavy atom. The minimum atomic E-state index is 0.851. The minimum Gasteiger partial charge on any atom is -0.337 e. The highest BCUT2D eigenvalue weighted by Gasteiger charge is 2.37. The molecule has 2 unspecified atom stereocenters. The first kappa shape index (κ1) is 12.2. The fourth-order valence-corrected chi connectivity index (χ4v) is 3.65. The van der Waals surface area contributed by atoms with E-state index in [1.54, 1.807) is 0 Å². The highest BCUT2D eigenvalue weighted by molar-refractivity contribution is 4.94. The lowest BCUT2D eigenvalue weighted by atomic mass is 9.91. The lowest BCUT2D eigenvalue weighted by Gasteiger charge is -2.36. The third-order valence-electron chi connectivity index (χ3n) is 4.83. The Hall–Kier alpha value is -0.870. The standard InChI is InChI=1S/C14H24N4/c1-17-6-5-16-14(17)10-15-9-11-7-12-3-4-13(8-11)18(12)2/h5-6,11-13,15H,3-4,7-10H2,1-2H3. The van der Waals surface area contributed by atoms with E-state index < -0.39 is 0 Å². The van der Waals surface area contributed by atoms with Crippen molar-refractivity contribution in [2.24, 2.45) is 13.0 Å². The molecule has 0 aliphatic carbocycles. The molecule has 0 saturated carbocycles. The summed E-state index contributed by atoms with van der Waals surface area (Å²) in [5.74, 6) is 1.99. The van der Waals surface area contributed by atoms with Crippen LogP contribution in [0, 0.1) is 5.92 Å². The molecule has 2 aliphatic heterocycles. The molecule has 18 heavy (non-hydrogen) atoms. The van der Waals surface area contributed by atoms with E-state index in [4.69, 9.17) is 0 Å². The maximum Gasteiger partial charge on any atom is 0.122 e. The molecule has 1 aromatic heterocycles. The van der Waals surface area contributed by atoms with E-state index in [2.05, 4.69) is 33.9 Å². The molecular weight excluding hydrogens is 224 g/mol. The maximum absolute atomic E-state index is 4.34. The lowest BCUT2D eigenvalue weighted by Crippen LogP contribution is -2.42. The van der Waals surface area contributed by atoms with Crippen LogP contribution in [0.25, 0.3) is 0 Å². The lowest BCUT2D eigenvalue weighted by molar-refractivity contribution is 0.132. The van der Waals surface area contributed by atoms with E-state index >= 15 is 0 Å². The SMILES string of the molecule is CN1C2CCC1CC(CNCc1nccn1C)C2. The van der Waals surface area contributed by atoms with Crippen molar-refractivity contribution in [3.63, 3.8) is 0 Å². The van der Waals surface area contributed by atoms with E-state index in [1.165, 1.54) is 25.7 Å². The van der Waals surface area contributed by atoms with Crippen molar-refractivity contribution in [1.29, 1.82) is 0 Å². The number of nitrogens with one attached hydrogen (secondary N) is 1. The number of aryl methyl sites for hydroxylation is 1. The number of rotatable bonds is 4. The van der Waals surface area contributed by atoms with Crippen molar-refractivity contribution in [1.82, 2.24) is 19.8 Å². The summed E-state index contributed by atoms with van der Waals surface area (Å²) in [6.45, 7) is 2.04. The second kappa shape index (κ2) is 5.02. The van der Waals surface area contributed by atoms with E-state index in [9.17, 15) is 0 Å². The molecule has 100 valence electrons. The molecule has 2 bridgehead atoms. The molecule has 0 radical (unpaired) electrons. The first-order valence-corrected chi connectivity index (χ1v) is 7.13. The van der Waals surface area contributed by atoms with Gasteiger partial charge in [0.1, 0.15) is 5.82 Å². The maximum atomic E-state index is 4.34. The Kier molecular flexibility index (Phi) is 3.39. The summed E-state index contributed by atoms with van der Waals surface area (Å²) >= 11 is 0. The fourth-order valence-electron chi connectivity index (χ4n) is 3.65. The number of hydrogen-bond acceptors (Lipinski definition) is 3. The molecule has 1 N–H and O–H groups in total. The van der Waals surface area contributed by atoms with Crippen molar-refractivity contribution in [3.05, 3.63) is 18.2 Å². The third kappa shape index (κ3) is 2.31. The van der Waals surface area contributed by atoms with E-state index in [0.29, 0.717) is 0 Å². The Bertz CT molecular complexity index is 386. The summed E-state index contributed by atoms with van der Waals surface area (Å²) < 4.78 is 2.09. The van der Waals surface area contributed by atoms with Gasteiger partial charge in [0.2, 0.25) is 0 Å². The van der Waals surface area contributed by atoms with Crippen LogP contribution in [0.1, 0.15) is 31.5 Å². The Balaban J connectivity index is 1.46. The van der Waals surface area contributed by atoms with Crippen LogP contribution < -0.4 is 5.32 Å². The first-order valence-electron chi connectivity index (χ1n) is 7.13. The van der Waals surface area contributed by atoms with Gasteiger partial charge < -0.3 is 14.8 Å².